The molecule has 0 amide bonds. The summed E-state index contributed by atoms with van der Waals surface area (Å²) in [5.74, 6) is -0.149. The second kappa shape index (κ2) is 4.88. The molecule has 0 aliphatic rings. The van der Waals surface area contributed by atoms with Crippen LogP contribution in [-0.2, 0) is 4.74 Å². The van der Waals surface area contributed by atoms with Gasteiger partial charge in [0.25, 0.3) is 0 Å². The predicted octanol–water partition coefficient (Wildman–Crippen LogP) is 0.764. The van der Waals surface area contributed by atoms with Crippen molar-refractivity contribution in [2.75, 3.05) is 7.11 Å². The van der Waals surface area contributed by atoms with Crippen LogP contribution >= 0.6 is 11.6 Å². The van der Waals surface area contributed by atoms with Gasteiger partial charge >= 0.3 is 13.7 Å². The van der Waals surface area contributed by atoms with Crippen LogP contribution in [0.1, 0.15) is 10.4 Å². The Kier molecular flexibility index (Phi) is 3.79. The number of carbonyl (C=O) groups excluding carboxylic acids is 1. The number of hydrogen-bond acceptors (Lipinski definition) is 4. The van der Waals surface area contributed by atoms with Gasteiger partial charge in [0.05, 0.1) is 17.7 Å². The highest BCUT2D eigenvalue weighted by atomic mass is 35.5. The Morgan fingerprint density at radius 3 is 2.79 bits per heavy atom. The van der Waals surface area contributed by atoms with Crippen LogP contribution in [0.3, 0.4) is 0 Å². The minimum atomic E-state index is -0.470. The van der Waals surface area contributed by atoms with Gasteiger partial charge in [-0.1, -0.05) is 11.6 Å². The Labute approximate surface area is 86.7 Å². The number of methoxy groups -OCH3 is 1. The van der Waals surface area contributed by atoms with Crippen LogP contribution in [-0.4, -0.2) is 25.8 Å². The van der Waals surface area contributed by atoms with Crippen LogP contribution in [0.25, 0.3) is 0 Å². The highest BCUT2D eigenvalue weighted by molar-refractivity contribution is 6.33. The molecular weight excluding hydrogens is 206 g/mol. The molecule has 0 aromatic heterocycles. The van der Waals surface area contributed by atoms with Crippen LogP contribution < -0.4 is 4.65 Å². The third kappa shape index (κ3) is 2.40. The summed E-state index contributed by atoms with van der Waals surface area (Å²) in [7, 11) is 0.825. The molecule has 0 aliphatic heterocycles. The van der Waals surface area contributed by atoms with Crippen molar-refractivity contribution in [3.05, 3.63) is 28.8 Å². The second-order valence-electron chi connectivity index (χ2n) is 2.41. The van der Waals surface area contributed by atoms with E-state index in [0.717, 1.165) is 0 Å². The van der Waals surface area contributed by atoms with Crippen molar-refractivity contribution < 1.29 is 19.2 Å². The predicted molar refractivity (Wildman–Crippen MR) is 52.8 cm³/mol. The zero-order chi connectivity index (χ0) is 10.6. The Morgan fingerprint density at radius 1 is 1.57 bits per heavy atom. The van der Waals surface area contributed by atoms with Gasteiger partial charge in [0.1, 0.15) is 5.75 Å². The lowest BCUT2D eigenvalue weighted by atomic mass is 10.2. The number of ether oxygens (including phenoxy) is 1. The lowest BCUT2D eigenvalue weighted by molar-refractivity contribution is 0.0601. The largest absolute Gasteiger partial charge is 0.538 e. The van der Waals surface area contributed by atoms with Gasteiger partial charge in [-0.2, -0.15) is 0 Å². The fourth-order valence-electron chi connectivity index (χ4n) is 0.932. The summed E-state index contributed by atoms with van der Waals surface area (Å²) < 4.78 is 9.28. The van der Waals surface area contributed by atoms with E-state index in [4.69, 9.17) is 21.3 Å². The van der Waals surface area contributed by atoms with Crippen molar-refractivity contribution in [2.24, 2.45) is 0 Å². The van der Waals surface area contributed by atoms with Crippen LogP contribution in [0, 0.1) is 0 Å². The molecule has 6 heteroatoms. The van der Waals surface area contributed by atoms with Crippen LogP contribution in [0.2, 0.25) is 5.02 Å². The monoisotopic (exact) mass is 214 g/mol. The molecule has 0 radical (unpaired) electrons. The second-order valence-corrected chi connectivity index (χ2v) is 2.82. The summed E-state index contributed by atoms with van der Waals surface area (Å²) in [5.41, 5.74) is 0.336. The van der Waals surface area contributed by atoms with Crippen molar-refractivity contribution in [3.63, 3.8) is 0 Å². The third-order valence-electron chi connectivity index (χ3n) is 1.57. The summed E-state index contributed by atoms with van der Waals surface area (Å²) in [4.78, 5) is 11.1. The highest BCUT2D eigenvalue weighted by Gasteiger charge is 2.08. The molecule has 0 fully saturated rings. The van der Waals surface area contributed by atoms with E-state index >= 15 is 0 Å². The molecule has 0 atom stereocenters. The number of hydrogen-bond donors (Lipinski definition) is 1. The number of esters is 1. The third-order valence-corrected chi connectivity index (χ3v) is 1.87. The fraction of sp³-hybridized carbons (Fsp3) is 0.125. The molecule has 0 heterocycles. The van der Waals surface area contributed by atoms with Crippen LogP contribution in [0.15, 0.2) is 18.2 Å². The molecule has 14 heavy (non-hydrogen) atoms. The standard InChI is InChI=1S/C8H8BClO4/c1-13-8(11)5-2-3-7(14-9-12)6(10)4-5/h2-4,9,12H,1H3. The first-order valence-corrected chi connectivity index (χ1v) is 4.18. The minimum Gasteiger partial charge on any atom is -0.538 e. The molecule has 0 unspecified atom stereocenters. The minimum absolute atomic E-state index is 0.252. The van der Waals surface area contributed by atoms with E-state index in [1.807, 2.05) is 0 Å². The summed E-state index contributed by atoms with van der Waals surface area (Å²) in [6, 6.07) is 4.41. The topological polar surface area (TPSA) is 55.8 Å². The van der Waals surface area contributed by atoms with Crippen LogP contribution in [0.5, 0.6) is 5.75 Å². The first-order chi connectivity index (χ1) is 6.69. The molecule has 0 aliphatic carbocycles. The van der Waals surface area contributed by atoms with Crippen molar-refractivity contribution in [1.82, 2.24) is 0 Å². The Balaban J connectivity index is 2.94. The number of benzene rings is 1. The van der Waals surface area contributed by atoms with Gasteiger partial charge in [-0.25, -0.2) is 4.79 Å². The molecule has 4 nitrogen and oxygen atoms in total. The van der Waals surface area contributed by atoms with Gasteiger partial charge in [0, 0.05) is 0 Å². The molecule has 0 spiro atoms. The SMILES string of the molecule is COC(=O)c1ccc(OBO)c(Cl)c1. The fourth-order valence-corrected chi connectivity index (χ4v) is 1.17. The van der Waals surface area contributed by atoms with Gasteiger partial charge in [-0.05, 0) is 18.2 Å². The van der Waals surface area contributed by atoms with E-state index in [1.54, 1.807) is 0 Å². The zero-order valence-corrected chi connectivity index (χ0v) is 8.25. The molecular formula is C8H8BClO4. The van der Waals surface area contributed by atoms with E-state index in [2.05, 4.69) is 4.74 Å². The normalized spacial score (nSPS) is 9.36. The zero-order valence-electron chi connectivity index (χ0n) is 7.49. The molecule has 1 aromatic carbocycles. The first kappa shape index (κ1) is 10.9. The van der Waals surface area contributed by atoms with E-state index in [1.165, 1.54) is 25.3 Å². The van der Waals surface area contributed by atoms with Gasteiger partial charge in [0.15, 0.2) is 0 Å². The Bertz CT molecular complexity index is 342. The van der Waals surface area contributed by atoms with E-state index in [-0.39, 0.29) is 5.02 Å². The van der Waals surface area contributed by atoms with Gasteiger partial charge in [0.2, 0.25) is 0 Å². The molecule has 1 aromatic rings. The molecule has 0 saturated carbocycles. The summed E-state index contributed by atoms with van der Waals surface area (Å²) >= 11 is 5.77. The average Bonchev–Trinajstić information content (AvgIpc) is 2.20. The average molecular weight is 214 g/mol. The van der Waals surface area contributed by atoms with E-state index < -0.39 is 13.7 Å². The quantitative estimate of drug-likeness (QED) is 0.596. The number of halogens is 1. The molecule has 74 valence electrons. The molecule has 1 rings (SSSR count). The summed E-state index contributed by atoms with van der Waals surface area (Å²) in [5, 5.41) is 8.75. The van der Waals surface area contributed by atoms with E-state index in [0.29, 0.717) is 11.3 Å². The highest BCUT2D eigenvalue weighted by Crippen LogP contribution is 2.25. The maximum atomic E-state index is 11.1. The Hall–Kier alpha value is -1.20. The van der Waals surface area contributed by atoms with Crippen molar-refractivity contribution >= 4 is 25.3 Å². The van der Waals surface area contributed by atoms with Gasteiger partial charge in [-0.15, -0.1) is 0 Å². The van der Waals surface area contributed by atoms with Gasteiger partial charge < -0.3 is 14.4 Å². The maximum absolute atomic E-state index is 11.1. The van der Waals surface area contributed by atoms with Crippen LogP contribution in [0.4, 0.5) is 0 Å². The van der Waals surface area contributed by atoms with E-state index in [9.17, 15) is 4.79 Å². The smallest absolute Gasteiger partial charge is 0.504 e. The van der Waals surface area contributed by atoms with Crippen molar-refractivity contribution in [2.45, 2.75) is 0 Å². The molecule has 0 saturated heterocycles. The lowest BCUT2D eigenvalue weighted by Crippen LogP contribution is -2.03. The van der Waals surface area contributed by atoms with Crippen molar-refractivity contribution in [1.29, 1.82) is 0 Å². The lowest BCUT2D eigenvalue weighted by Gasteiger charge is -2.05. The molecule has 0 bridgehead atoms. The first-order valence-electron chi connectivity index (χ1n) is 3.80. The summed E-state index contributed by atoms with van der Waals surface area (Å²) in [6.07, 6.45) is 0. The maximum Gasteiger partial charge on any atom is 0.504 e. The Morgan fingerprint density at radius 2 is 2.29 bits per heavy atom. The molecule has 1 N–H and O–H groups in total. The summed E-state index contributed by atoms with van der Waals surface area (Å²) in [6.45, 7) is 0. The number of rotatable bonds is 3. The number of carbonyl (C=O) groups is 1. The van der Waals surface area contributed by atoms with Crippen molar-refractivity contribution in [3.8, 4) is 5.75 Å². The van der Waals surface area contributed by atoms with Gasteiger partial charge in [-0.3, -0.25) is 0 Å².